The molecule has 0 atom stereocenters. The lowest BCUT2D eigenvalue weighted by molar-refractivity contribution is -0.142. The highest BCUT2D eigenvalue weighted by Gasteiger charge is 2.29. The number of hydrogen-bond acceptors (Lipinski definition) is 3. The summed E-state index contributed by atoms with van der Waals surface area (Å²) < 4.78 is 1.92. The summed E-state index contributed by atoms with van der Waals surface area (Å²) in [6, 6.07) is 2.17. The monoisotopic (exact) mass is 334 g/mol. The van der Waals surface area contributed by atoms with Crippen LogP contribution >= 0.6 is 0 Å². The van der Waals surface area contributed by atoms with Crippen molar-refractivity contribution in [3.05, 3.63) is 18.0 Å². The first-order valence-electron chi connectivity index (χ1n) is 8.80. The number of carbonyl (C=O) groups excluding carboxylic acids is 1. The second-order valence-electron chi connectivity index (χ2n) is 6.98. The Labute approximate surface area is 142 Å². The lowest BCUT2D eigenvalue weighted by Gasteiger charge is -2.34. The Balaban J connectivity index is 1.44. The fraction of sp³-hybridized carbons (Fsp3) is 0.706. The molecule has 1 aromatic heterocycles. The van der Waals surface area contributed by atoms with E-state index in [1.165, 1.54) is 5.69 Å². The molecule has 1 saturated carbocycles. The fourth-order valence-corrected chi connectivity index (χ4v) is 3.91. The number of carboxylic acid groups (broad SMARTS) is 1. The van der Waals surface area contributed by atoms with Crippen LogP contribution in [0.5, 0.6) is 0 Å². The summed E-state index contributed by atoms with van der Waals surface area (Å²) >= 11 is 0. The molecule has 1 aliphatic heterocycles. The second kappa shape index (κ2) is 7.23. The minimum atomic E-state index is -0.711. The highest BCUT2D eigenvalue weighted by Crippen LogP contribution is 2.28. The molecule has 2 N–H and O–H groups in total. The van der Waals surface area contributed by atoms with Gasteiger partial charge in [-0.3, -0.25) is 9.48 Å². The van der Waals surface area contributed by atoms with E-state index in [-0.39, 0.29) is 18.0 Å². The molecule has 2 amide bonds. The summed E-state index contributed by atoms with van der Waals surface area (Å²) in [5.74, 6) is -0.489. The Hall–Kier alpha value is -2.05. The van der Waals surface area contributed by atoms with Gasteiger partial charge in [-0.15, -0.1) is 0 Å². The minimum Gasteiger partial charge on any atom is -0.481 e. The highest BCUT2D eigenvalue weighted by atomic mass is 16.4. The lowest BCUT2D eigenvalue weighted by atomic mass is 9.86. The number of carboxylic acids is 1. The Morgan fingerprint density at radius 1 is 1.17 bits per heavy atom. The molecular weight excluding hydrogens is 308 g/mol. The largest absolute Gasteiger partial charge is 0.481 e. The normalized spacial score (nSPS) is 25.5. The Morgan fingerprint density at radius 2 is 1.83 bits per heavy atom. The van der Waals surface area contributed by atoms with Crippen molar-refractivity contribution < 1.29 is 14.7 Å². The van der Waals surface area contributed by atoms with E-state index in [1.54, 1.807) is 0 Å². The topological polar surface area (TPSA) is 87.5 Å². The van der Waals surface area contributed by atoms with Gasteiger partial charge in [0.05, 0.1) is 5.92 Å². The predicted molar refractivity (Wildman–Crippen MR) is 88.7 cm³/mol. The average molecular weight is 334 g/mol. The quantitative estimate of drug-likeness (QED) is 0.884. The van der Waals surface area contributed by atoms with Crippen LogP contribution in [-0.4, -0.2) is 50.9 Å². The first-order valence-corrected chi connectivity index (χ1v) is 8.80. The van der Waals surface area contributed by atoms with Gasteiger partial charge >= 0.3 is 12.0 Å². The third kappa shape index (κ3) is 3.71. The van der Waals surface area contributed by atoms with Gasteiger partial charge in [-0.1, -0.05) is 0 Å². The number of hydrogen-bond donors (Lipinski definition) is 2. The number of aryl methyl sites for hydroxylation is 1. The molecule has 3 rings (SSSR count). The molecule has 0 unspecified atom stereocenters. The van der Waals surface area contributed by atoms with E-state index in [0.29, 0.717) is 18.8 Å². The molecule has 1 saturated heterocycles. The summed E-state index contributed by atoms with van der Waals surface area (Å²) in [4.78, 5) is 25.3. The zero-order valence-electron chi connectivity index (χ0n) is 14.1. The number of aromatic nitrogens is 2. The summed E-state index contributed by atoms with van der Waals surface area (Å²) in [6.45, 7) is 1.51. The van der Waals surface area contributed by atoms with Crippen molar-refractivity contribution in [2.45, 2.75) is 50.5 Å². The SMILES string of the molecule is Cn1nccc1C1CCN(C(=O)NC2CCC(C(=O)O)CC2)CC1. The maximum atomic E-state index is 12.4. The van der Waals surface area contributed by atoms with Crippen LogP contribution in [-0.2, 0) is 11.8 Å². The van der Waals surface area contributed by atoms with Crippen molar-refractivity contribution in [3.8, 4) is 0 Å². The van der Waals surface area contributed by atoms with Gasteiger partial charge < -0.3 is 15.3 Å². The Kier molecular flexibility index (Phi) is 5.06. The van der Waals surface area contributed by atoms with Gasteiger partial charge in [0.15, 0.2) is 0 Å². The smallest absolute Gasteiger partial charge is 0.317 e. The van der Waals surface area contributed by atoms with Gasteiger partial charge in [0.25, 0.3) is 0 Å². The van der Waals surface area contributed by atoms with Crippen molar-refractivity contribution in [1.82, 2.24) is 20.0 Å². The van der Waals surface area contributed by atoms with Crippen molar-refractivity contribution in [1.29, 1.82) is 0 Å². The van der Waals surface area contributed by atoms with E-state index in [2.05, 4.69) is 16.5 Å². The molecule has 0 aromatic carbocycles. The molecule has 2 heterocycles. The molecule has 24 heavy (non-hydrogen) atoms. The van der Waals surface area contributed by atoms with Crippen LogP contribution in [0.1, 0.15) is 50.1 Å². The van der Waals surface area contributed by atoms with Crippen LogP contribution in [0.15, 0.2) is 12.3 Å². The van der Waals surface area contributed by atoms with E-state index >= 15 is 0 Å². The standard InChI is InChI=1S/C17H26N4O3/c1-20-15(6-9-18-20)12-7-10-21(11-8-12)17(24)19-14-4-2-13(3-5-14)16(22)23/h6,9,12-14H,2-5,7-8,10-11H2,1H3,(H,19,24)(H,22,23). The van der Waals surface area contributed by atoms with Gasteiger partial charge in [0.2, 0.25) is 0 Å². The van der Waals surface area contributed by atoms with Crippen LogP contribution in [0.3, 0.4) is 0 Å². The summed E-state index contributed by atoms with van der Waals surface area (Å²) in [6.07, 6.45) is 6.56. The maximum Gasteiger partial charge on any atom is 0.317 e. The predicted octanol–water partition coefficient (Wildman–Crippen LogP) is 1.95. The van der Waals surface area contributed by atoms with Crippen molar-refractivity contribution in [2.24, 2.45) is 13.0 Å². The van der Waals surface area contributed by atoms with Gasteiger partial charge in [-0.05, 0) is 44.6 Å². The third-order valence-electron chi connectivity index (χ3n) is 5.46. The van der Waals surface area contributed by atoms with Crippen LogP contribution < -0.4 is 5.32 Å². The first-order chi connectivity index (χ1) is 11.5. The number of nitrogens with one attached hydrogen (secondary N) is 1. The number of likely N-dealkylation sites (tertiary alicyclic amines) is 1. The second-order valence-corrected chi connectivity index (χ2v) is 6.98. The molecule has 0 spiro atoms. The van der Waals surface area contributed by atoms with Gasteiger partial charge in [0, 0.05) is 44.0 Å². The van der Waals surface area contributed by atoms with Crippen molar-refractivity contribution in [2.75, 3.05) is 13.1 Å². The summed E-state index contributed by atoms with van der Waals surface area (Å²) in [7, 11) is 1.96. The average Bonchev–Trinajstić information content (AvgIpc) is 3.01. The van der Waals surface area contributed by atoms with Crippen molar-refractivity contribution >= 4 is 12.0 Å². The molecule has 0 radical (unpaired) electrons. The zero-order valence-corrected chi connectivity index (χ0v) is 14.1. The number of nitrogens with zero attached hydrogens (tertiary/aromatic N) is 3. The van der Waals surface area contributed by atoms with E-state index in [9.17, 15) is 9.59 Å². The van der Waals surface area contributed by atoms with Crippen LogP contribution in [0.4, 0.5) is 4.79 Å². The number of urea groups is 1. The Morgan fingerprint density at radius 3 is 2.38 bits per heavy atom. The highest BCUT2D eigenvalue weighted by molar-refractivity contribution is 5.75. The van der Waals surface area contributed by atoms with E-state index in [1.807, 2.05) is 22.8 Å². The molecular formula is C17H26N4O3. The van der Waals surface area contributed by atoms with Crippen molar-refractivity contribution in [3.63, 3.8) is 0 Å². The third-order valence-corrected chi connectivity index (χ3v) is 5.46. The molecule has 7 heteroatoms. The first kappa shape index (κ1) is 16.8. The molecule has 0 bridgehead atoms. The molecule has 2 aliphatic rings. The van der Waals surface area contributed by atoms with Crippen LogP contribution in [0.2, 0.25) is 0 Å². The van der Waals surface area contributed by atoms with Gasteiger partial charge in [-0.25, -0.2) is 4.79 Å². The molecule has 2 fully saturated rings. The summed E-state index contributed by atoms with van der Waals surface area (Å²) in [5.41, 5.74) is 1.24. The van der Waals surface area contributed by atoms with E-state index in [0.717, 1.165) is 38.8 Å². The number of piperidine rings is 1. The van der Waals surface area contributed by atoms with Gasteiger partial charge in [-0.2, -0.15) is 5.10 Å². The number of aliphatic carboxylic acids is 1. The van der Waals surface area contributed by atoms with Crippen LogP contribution in [0, 0.1) is 5.92 Å². The molecule has 7 nitrogen and oxygen atoms in total. The molecule has 1 aliphatic carbocycles. The fourth-order valence-electron chi connectivity index (χ4n) is 3.91. The van der Waals surface area contributed by atoms with Crippen LogP contribution in [0.25, 0.3) is 0 Å². The Bertz CT molecular complexity index is 584. The number of rotatable bonds is 3. The number of carbonyl (C=O) groups is 2. The molecule has 132 valence electrons. The zero-order chi connectivity index (χ0) is 17.1. The maximum absolute atomic E-state index is 12.4. The minimum absolute atomic E-state index is 0.00256. The van der Waals surface area contributed by atoms with E-state index in [4.69, 9.17) is 5.11 Å². The summed E-state index contributed by atoms with van der Waals surface area (Å²) in [5, 5.41) is 16.3. The number of amides is 2. The van der Waals surface area contributed by atoms with E-state index < -0.39 is 5.97 Å². The molecule has 1 aromatic rings. The lowest BCUT2D eigenvalue weighted by Crippen LogP contribution is -2.48. The van der Waals surface area contributed by atoms with Gasteiger partial charge in [0.1, 0.15) is 0 Å².